The molecule has 1 aromatic heterocycles. The number of carboxylic acids is 1. The van der Waals surface area contributed by atoms with E-state index in [1.807, 2.05) is 12.1 Å². The molecule has 3 rings (SSSR count). The summed E-state index contributed by atoms with van der Waals surface area (Å²) in [6, 6.07) is 15.7. The normalized spacial score (nSPS) is 11.2. The van der Waals surface area contributed by atoms with Crippen LogP contribution in [0, 0.1) is 11.3 Å². The zero-order chi connectivity index (χ0) is 17.1. The number of aromatic carboxylic acids is 1. The Morgan fingerprint density at radius 1 is 1.29 bits per heavy atom. The molecule has 1 heterocycles. The van der Waals surface area contributed by atoms with Gasteiger partial charge in [-0.3, -0.25) is 0 Å². The van der Waals surface area contributed by atoms with Gasteiger partial charge in [-0.15, -0.1) is 0 Å². The first-order chi connectivity index (χ1) is 11.6. The molecular formula is C17H12N4O2S. The van der Waals surface area contributed by atoms with Crippen LogP contribution >= 0.6 is 11.3 Å². The highest BCUT2D eigenvalue weighted by Gasteiger charge is 2.07. The first-order valence-corrected chi connectivity index (χ1v) is 7.81. The second-order valence-corrected chi connectivity index (χ2v) is 5.93. The van der Waals surface area contributed by atoms with Crippen molar-refractivity contribution >= 4 is 23.0 Å². The summed E-state index contributed by atoms with van der Waals surface area (Å²) in [6.45, 7) is 0. The van der Waals surface area contributed by atoms with Crippen molar-refractivity contribution in [2.45, 2.75) is 0 Å². The third kappa shape index (κ3) is 3.24. The van der Waals surface area contributed by atoms with Crippen LogP contribution in [0.15, 0.2) is 53.5 Å². The van der Waals surface area contributed by atoms with Gasteiger partial charge in [-0.05, 0) is 30.3 Å². The molecule has 0 aliphatic heterocycles. The lowest BCUT2D eigenvalue weighted by molar-refractivity contribution is 0.0697. The molecule has 0 unspecified atom stereocenters. The molecule has 0 fully saturated rings. The van der Waals surface area contributed by atoms with Gasteiger partial charge in [0.25, 0.3) is 0 Å². The molecule has 6 nitrogen and oxygen atoms in total. The SMILES string of the molecule is Cn1nc(-c2cccc(C#N)c2)s/c1=N/c1cccc(C(=O)O)c1. The van der Waals surface area contributed by atoms with Gasteiger partial charge < -0.3 is 5.11 Å². The third-order valence-corrected chi connectivity index (χ3v) is 4.31. The van der Waals surface area contributed by atoms with Crippen molar-refractivity contribution in [3.05, 3.63) is 64.5 Å². The summed E-state index contributed by atoms with van der Waals surface area (Å²) in [4.78, 5) is 16.1. The Labute approximate surface area is 141 Å². The van der Waals surface area contributed by atoms with E-state index in [-0.39, 0.29) is 5.56 Å². The second-order valence-electron chi connectivity index (χ2n) is 4.97. The first kappa shape index (κ1) is 15.6. The Bertz CT molecular complexity index is 1030. The van der Waals surface area contributed by atoms with E-state index in [4.69, 9.17) is 10.4 Å². The van der Waals surface area contributed by atoms with Crippen LogP contribution in [0.2, 0.25) is 0 Å². The van der Waals surface area contributed by atoms with Crippen molar-refractivity contribution < 1.29 is 9.90 Å². The molecule has 0 bridgehead atoms. The van der Waals surface area contributed by atoms with E-state index < -0.39 is 5.97 Å². The number of aromatic nitrogens is 2. The standard InChI is InChI=1S/C17H12N4O2S/c1-21-17(19-14-7-3-6-13(9-14)16(22)23)24-15(20-21)12-5-2-4-11(8-12)10-18/h2-9H,1H3,(H,22,23)/b19-17+. The van der Waals surface area contributed by atoms with E-state index >= 15 is 0 Å². The Morgan fingerprint density at radius 3 is 2.83 bits per heavy atom. The van der Waals surface area contributed by atoms with Crippen molar-refractivity contribution in [2.75, 3.05) is 0 Å². The van der Waals surface area contributed by atoms with E-state index in [1.54, 1.807) is 36.0 Å². The van der Waals surface area contributed by atoms with Gasteiger partial charge in [0, 0.05) is 12.6 Å². The number of aryl methyl sites for hydroxylation is 1. The summed E-state index contributed by atoms with van der Waals surface area (Å²) >= 11 is 1.37. The molecule has 0 amide bonds. The fourth-order valence-corrected chi connectivity index (χ4v) is 3.01. The molecule has 118 valence electrons. The van der Waals surface area contributed by atoms with Crippen molar-refractivity contribution in [3.8, 4) is 16.6 Å². The van der Waals surface area contributed by atoms with Crippen LogP contribution < -0.4 is 4.80 Å². The lowest BCUT2D eigenvalue weighted by Gasteiger charge is -1.95. The minimum atomic E-state index is -0.991. The number of hydrogen-bond acceptors (Lipinski definition) is 5. The molecule has 0 atom stereocenters. The van der Waals surface area contributed by atoms with Crippen LogP contribution in [-0.2, 0) is 7.05 Å². The van der Waals surface area contributed by atoms with Crippen LogP contribution in [0.5, 0.6) is 0 Å². The van der Waals surface area contributed by atoms with Crippen LogP contribution in [0.3, 0.4) is 0 Å². The topological polar surface area (TPSA) is 91.3 Å². The van der Waals surface area contributed by atoms with Crippen LogP contribution in [0.1, 0.15) is 15.9 Å². The fraction of sp³-hybridized carbons (Fsp3) is 0.0588. The maximum atomic E-state index is 11.0. The number of nitrogens with zero attached hydrogens (tertiary/aromatic N) is 4. The zero-order valence-electron chi connectivity index (χ0n) is 12.7. The summed E-state index contributed by atoms with van der Waals surface area (Å²) in [5.74, 6) is -0.991. The summed E-state index contributed by atoms with van der Waals surface area (Å²) in [6.07, 6.45) is 0. The van der Waals surface area contributed by atoms with Gasteiger partial charge in [-0.1, -0.05) is 29.5 Å². The summed E-state index contributed by atoms with van der Waals surface area (Å²) in [5.41, 5.74) is 2.14. The molecule has 3 aromatic rings. The Hall–Kier alpha value is -3.24. The largest absolute Gasteiger partial charge is 0.478 e. The van der Waals surface area contributed by atoms with E-state index in [9.17, 15) is 4.79 Å². The molecular weight excluding hydrogens is 324 g/mol. The molecule has 0 saturated carbocycles. The lowest BCUT2D eigenvalue weighted by atomic mass is 10.1. The third-order valence-electron chi connectivity index (χ3n) is 3.26. The maximum Gasteiger partial charge on any atom is 0.335 e. The van der Waals surface area contributed by atoms with Crippen LogP contribution in [0.25, 0.3) is 10.6 Å². The highest BCUT2D eigenvalue weighted by molar-refractivity contribution is 7.12. The Morgan fingerprint density at radius 2 is 2.08 bits per heavy atom. The molecule has 7 heteroatoms. The zero-order valence-corrected chi connectivity index (χ0v) is 13.5. The number of hydrogen-bond donors (Lipinski definition) is 1. The molecule has 0 spiro atoms. The molecule has 0 radical (unpaired) electrons. The average molecular weight is 336 g/mol. The summed E-state index contributed by atoms with van der Waals surface area (Å²) in [7, 11) is 1.77. The van der Waals surface area contributed by atoms with Crippen LogP contribution in [0.4, 0.5) is 5.69 Å². The number of nitriles is 1. The first-order valence-electron chi connectivity index (χ1n) is 6.99. The molecule has 0 aliphatic rings. The number of carboxylic acid groups (broad SMARTS) is 1. The summed E-state index contributed by atoms with van der Waals surface area (Å²) in [5, 5.41) is 23.2. The van der Waals surface area contributed by atoms with Crippen molar-refractivity contribution in [2.24, 2.45) is 12.0 Å². The predicted octanol–water partition coefficient (Wildman–Crippen LogP) is 2.95. The fourth-order valence-electron chi connectivity index (χ4n) is 2.10. The Balaban J connectivity index is 2.04. The van der Waals surface area contributed by atoms with Crippen molar-refractivity contribution in [1.82, 2.24) is 9.78 Å². The van der Waals surface area contributed by atoms with Gasteiger partial charge >= 0.3 is 5.97 Å². The quantitative estimate of drug-likeness (QED) is 0.796. The van der Waals surface area contributed by atoms with Gasteiger partial charge in [-0.2, -0.15) is 10.4 Å². The second kappa shape index (κ2) is 6.48. The highest BCUT2D eigenvalue weighted by Crippen LogP contribution is 2.21. The van der Waals surface area contributed by atoms with Gasteiger partial charge in [0.1, 0.15) is 5.01 Å². The van der Waals surface area contributed by atoms with Gasteiger partial charge in [0.15, 0.2) is 0 Å². The monoisotopic (exact) mass is 336 g/mol. The summed E-state index contributed by atoms with van der Waals surface area (Å²) < 4.78 is 1.63. The minimum absolute atomic E-state index is 0.186. The van der Waals surface area contributed by atoms with E-state index in [0.29, 0.717) is 16.1 Å². The van der Waals surface area contributed by atoms with Crippen molar-refractivity contribution in [1.29, 1.82) is 5.26 Å². The van der Waals surface area contributed by atoms with Gasteiger partial charge in [0.05, 0.1) is 22.9 Å². The van der Waals surface area contributed by atoms with E-state index in [1.165, 1.54) is 23.5 Å². The van der Waals surface area contributed by atoms with E-state index in [2.05, 4.69) is 16.2 Å². The van der Waals surface area contributed by atoms with Gasteiger partial charge in [0.2, 0.25) is 4.80 Å². The van der Waals surface area contributed by atoms with Crippen molar-refractivity contribution in [3.63, 3.8) is 0 Å². The molecule has 24 heavy (non-hydrogen) atoms. The average Bonchev–Trinajstić information content (AvgIpc) is 2.96. The number of rotatable bonds is 3. The number of carbonyl (C=O) groups is 1. The molecule has 0 saturated heterocycles. The molecule has 0 aliphatic carbocycles. The molecule has 2 aromatic carbocycles. The minimum Gasteiger partial charge on any atom is -0.478 e. The smallest absolute Gasteiger partial charge is 0.335 e. The highest BCUT2D eigenvalue weighted by atomic mass is 32.1. The predicted molar refractivity (Wildman–Crippen MR) is 89.9 cm³/mol. The van der Waals surface area contributed by atoms with Crippen LogP contribution in [-0.4, -0.2) is 20.9 Å². The Kier molecular flexibility index (Phi) is 4.22. The molecule has 1 N–H and O–H groups in total. The number of benzene rings is 2. The van der Waals surface area contributed by atoms with E-state index in [0.717, 1.165) is 10.6 Å². The lowest BCUT2D eigenvalue weighted by Crippen LogP contribution is -2.10. The van der Waals surface area contributed by atoms with Gasteiger partial charge in [-0.25, -0.2) is 14.5 Å². The maximum absolute atomic E-state index is 11.0.